The topological polar surface area (TPSA) is 12.9 Å². The number of nitrogens with zero attached hydrogens (tertiary/aromatic N) is 1. The Balaban J connectivity index is 2.85. The average molecular weight is 141 g/mol. The molecule has 0 aliphatic heterocycles. The maximum Gasteiger partial charge on any atom is 0.0797 e. The van der Waals surface area contributed by atoms with Crippen LogP contribution in [0.5, 0.6) is 0 Å². The smallest absolute Gasteiger partial charge is 0.0797 e. The highest BCUT2D eigenvalue weighted by Gasteiger charge is 1.98. The molecule has 1 aromatic heterocycles. The Morgan fingerprint density at radius 2 is 2.22 bits per heavy atom. The van der Waals surface area contributed by atoms with E-state index in [4.69, 9.17) is 0 Å². The van der Waals surface area contributed by atoms with Gasteiger partial charge in [0, 0.05) is 4.88 Å². The summed E-state index contributed by atoms with van der Waals surface area (Å²) in [7, 11) is 0. The summed E-state index contributed by atoms with van der Waals surface area (Å²) in [5.41, 5.74) is 3.21. The van der Waals surface area contributed by atoms with Gasteiger partial charge in [0.15, 0.2) is 0 Å². The third-order valence-corrected chi connectivity index (χ3v) is 2.40. The highest BCUT2D eigenvalue weighted by Crippen LogP contribution is 2.13. The van der Waals surface area contributed by atoms with Gasteiger partial charge in [0.2, 0.25) is 0 Å². The van der Waals surface area contributed by atoms with Gasteiger partial charge in [-0.05, 0) is 12.8 Å². The molecule has 0 amide bonds. The van der Waals surface area contributed by atoms with Crippen LogP contribution in [0, 0.1) is 0 Å². The van der Waals surface area contributed by atoms with Crippen molar-refractivity contribution < 1.29 is 0 Å². The zero-order valence-electron chi connectivity index (χ0n) is 5.85. The molecule has 1 rings (SSSR count). The zero-order chi connectivity index (χ0) is 6.69. The van der Waals surface area contributed by atoms with Crippen molar-refractivity contribution in [3.8, 4) is 0 Å². The van der Waals surface area contributed by atoms with Crippen LogP contribution in [-0.4, -0.2) is 4.98 Å². The summed E-state index contributed by atoms with van der Waals surface area (Å²) in [5, 5.41) is 0. The molecule has 0 aromatic carbocycles. The molecule has 0 aliphatic carbocycles. The molecule has 0 N–H and O–H groups in total. The van der Waals surface area contributed by atoms with Gasteiger partial charge in [-0.3, -0.25) is 0 Å². The van der Waals surface area contributed by atoms with Gasteiger partial charge in [-0.25, -0.2) is 4.98 Å². The molecule has 0 atom stereocenters. The summed E-state index contributed by atoms with van der Waals surface area (Å²) in [4.78, 5) is 5.67. The molecule has 0 spiro atoms. The molecular weight excluding hydrogens is 130 g/mol. The van der Waals surface area contributed by atoms with Crippen molar-refractivity contribution in [2.75, 3.05) is 0 Å². The molecular formula is C7H11NS. The second-order valence-electron chi connectivity index (χ2n) is 1.93. The fourth-order valence-electron chi connectivity index (χ4n) is 0.869. The monoisotopic (exact) mass is 141 g/mol. The molecule has 2 heteroatoms. The third kappa shape index (κ3) is 1.30. The normalized spacial score (nSPS) is 10.0. The Morgan fingerprint density at radius 3 is 2.67 bits per heavy atom. The second kappa shape index (κ2) is 2.97. The van der Waals surface area contributed by atoms with Crippen molar-refractivity contribution >= 4 is 11.3 Å². The first-order valence-electron chi connectivity index (χ1n) is 3.29. The minimum atomic E-state index is 1.08. The summed E-state index contributed by atoms with van der Waals surface area (Å²) in [5.74, 6) is 0. The summed E-state index contributed by atoms with van der Waals surface area (Å²) in [6.07, 6.45) is 2.21. The SMILES string of the molecule is CCc1ncsc1CC. The molecule has 0 bridgehead atoms. The van der Waals surface area contributed by atoms with Crippen LogP contribution in [0.25, 0.3) is 0 Å². The first kappa shape index (κ1) is 6.75. The van der Waals surface area contributed by atoms with Gasteiger partial charge >= 0.3 is 0 Å². The zero-order valence-corrected chi connectivity index (χ0v) is 6.66. The van der Waals surface area contributed by atoms with Crippen LogP contribution in [0.4, 0.5) is 0 Å². The quantitative estimate of drug-likeness (QED) is 0.615. The lowest BCUT2D eigenvalue weighted by atomic mass is 10.2. The Bertz CT molecular complexity index is 162. The molecule has 50 valence electrons. The van der Waals surface area contributed by atoms with Gasteiger partial charge in [0.25, 0.3) is 0 Å². The first-order valence-corrected chi connectivity index (χ1v) is 4.17. The average Bonchev–Trinajstić information content (AvgIpc) is 2.33. The van der Waals surface area contributed by atoms with Crippen molar-refractivity contribution in [2.24, 2.45) is 0 Å². The van der Waals surface area contributed by atoms with E-state index in [1.807, 2.05) is 5.51 Å². The molecule has 0 radical (unpaired) electrons. The van der Waals surface area contributed by atoms with Crippen molar-refractivity contribution in [1.29, 1.82) is 0 Å². The van der Waals surface area contributed by atoms with E-state index in [0.29, 0.717) is 0 Å². The number of hydrogen-bond acceptors (Lipinski definition) is 2. The number of rotatable bonds is 2. The van der Waals surface area contributed by atoms with Crippen LogP contribution in [0.15, 0.2) is 5.51 Å². The number of thiazole rings is 1. The van der Waals surface area contributed by atoms with Crippen molar-refractivity contribution in [3.05, 3.63) is 16.1 Å². The predicted octanol–water partition coefficient (Wildman–Crippen LogP) is 2.27. The molecule has 1 aromatic rings. The van der Waals surface area contributed by atoms with E-state index in [-0.39, 0.29) is 0 Å². The summed E-state index contributed by atoms with van der Waals surface area (Å²) < 4.78 is 0. The molecule has 0 saturated carbocycles. The van der Waals surface area contributed by atoms with Gasteiger partial charge < -0.3 is 0 Å². The highest BCUT2D eigenvalue weighted by molar-refractivity contribution is 7.09. The number of aromatic nitrogens is 1. The summed E-state index contributed by atoms with van der Waals surface area (Å²) >= 11 is 1.76. The van der Waals surface area contributed by atoms with Gasteiger partial charge in [-0.1, -0.05) is 13.8 Å². The van der Waals surface area contributed by atoms with Gasteiger partial charge in [-0.2, -0.15) is 0 Å². The lowest BCUT2D eigenvalue weighted by molar-refractivity contribution is 1.01. The highest BCUT2D eigenvalue weighted by atomic mass is 32.1. The van der Waals surface area contributed by atoms with Crippen LogP contribution in [-0.2, 0) is 12.8 Å². The van der Waals surface area contributed by atoms with Gasteiger partial charge in [0.1, 0.15) is 0 Å². The minimum Gasteiger partial charge on any atom is -0.249 e. The fraction of sp³-hybridized carbons (Fsp3) is 0.571. The standard InChI is InChI=1S/C7H11NS/c1-3-6-7(4-2)9-5-8-6/h5H,3-4H2,1-2H3. The second-order valence-corrected chi connectivity index (χ2v) is 2.87. The molecule has 0 fully saturated rings. The third-order valence-electron chi connectivity index (χ3n) is 1.38. The van der Waals surface area contributed by atoms with E-state index >= 15 is 0 Å². The van der Waals surface area contributed by atoms with E-state index in [0.717, 1.165) is 12.8 Å². The van der Waals surface area contributed by atoms with E-state index in [1.165, 1.54) is 10.6 Å². The summed E-state index contributed by atoms with van der Waals surface area (Å²) in [6.45, 7) is 4.32. The van der Waals surface area contributed by atoms with Crippen molar-refractivity contribution in [2.45, 2.75) is 26.7 Å². The lowest BCUT2D eigenvalue weighted by Gasteiger charge is -1.91. The molecule has 1 heterocycles. The largest absolute Gasteiger partial charge is 0.249 e. The maximum absolute atomic E-state index is 4.22. The van der Waals surface area contributed by atoms with Crippen LogP contribution < -0.4 is 0 Å². The molecule has 0 saturated heterocycles. The minimum absolute atomic E-state index is 1.08. The Hall–Kier alpha value is -0.370. The van der Waals surface area contributed by atoms with E-state index < -0.39 is 0 Å². The van der Waals surface area contributed by atoms with Crippen molar-refractivity contribution in [1.82, 2.24) is 4.98 Å². The number of aryl methyl sites for hydroxylation is 2. The Kier molecular flexibility index (Phi) is 2.22. The van der Waals surface area contributed by atoms with Crippen molar-refractivity contribution in [3.63, 3.8) is 0 Å². The van der Waals surface area contributed by atoms with Crippen LogP contribution in [0.1, 0.15) is 24.4 Å². The van der Waals surface area contributed by atoms with Crippen LogP contribution in [0.2, 0.25) is 0 Å². The van der Waals surface area contributed by atoms with E-state index in [1.54, 1.807) is 11.3 Å². The Labute approximate surface area is 59.8 Å². The van der Waals surface area contributed by atoms with E-state index in [2.05, 4.69) is 18.8 Å². The molecule has 9 heavy (non-hydrogen) atoms. The van der Waals surface area contributed by atoms with Crippen LogP contribution in [0.3, 0.4) is 0 Å². The van der Waals surface area contributed by atoms with Gasteiger partial charge in [0.05, 0.1) is 11.2 Å². The first-order chi connectivity index (χ1) is 4.38. The fourth-order valence-corrected chi connectivity index (χ4v) is 1.68. The molecule has 0 aliphatic rings. The van der Waals surface area contributed by atoms with Crippen LogP contribution >= 0.6 is 11.3 Å². The maximum atomic E-state index is 4.22. The summed E-state index contributed by atoms with van der Waals surface area (Å²) in [6, 6.07) is 0. The van der Waals surface area contributed by atoms with E-state index in [9.17, 15) is 0 Å². The molecule has 1 nitrogen and oxygen atoms in total. The number of hydrogen-bond donors (Lipinski definition) is 0. The molecule has 0 unspecified atom stereocenters. The Morgan fingerprint density at radius 1 is 1.44 bits per heavy atom. The van der Waals surface area contributed by atoms with Gasteiger partial charge in [-0.15, -0.1) is 11.3 Å². The lowest BCUT2D eigenvalue weighted by Crippen LogP contribution is -1.84. The predicted molar refractivity (Wildman–Crippen MR) is 40.9 cm³/mol.